The number of nitrogens with two attached hydrogens (primary N) is 1. The van der Waals surface area contributed by atoms with Crippen LogP contribution in [0.5, 0.6) is 5.75 Å². The van der Waals surface area contributed by atoms with Crippen molar-refractivity contribution < 1.29 is 9.13 Å². The quantitative estimate of drug-likeness (QED) is 0.842. The SMILES string of the molecule is N#Cc1ccc(COc2cc(F)ccc2N)cc1. The minimum atomic E-state index is -0.390. The lowest BCUT2D eigenvalue weighted by atomic mass is 10.1. The topological polar surface area (TPSA) is 59.0 Å². The van der Waals surface area contributed by atoms with E-state index in [2.05, 4.69) is 0 Å². The second-order valence-electron chi connectivity index (χ2n) is 3.78. The molecule has 2 rings (SSSR count). The highest BCUT2D eigenvalue weighted by atomic mass is 19.1. The van der Waals surface area contributed by atoms with Crippen molar-refractivity contribution in [2.24, 2.45) is 0 Å². The second-order valence-corrected chi connectivity index (χ2v) is 3.78. The summed E-state index contributed by atoms with van der Waals surface area (Å²) in [7, 11) is 0. The van der Waals surface area contributed by atoms with Crippen LogP contribution in [0.15, 0.2) is 42.5 Å². The van der Waals surface area contributed by atoms with E-state index in [4.69, 9.17) is 15.7 Å². The summed E-state index contributed by atoms with van der Waals surface area (Å²) in [5.41, 5.74) is 7.53. The van der Waals surface area contributed by atoms with Crippen LogP contribution in [-0.4, -0.2) is 0 Å². The molecule has 0 atom stereocenters. The third-order valence-electron chi connectivity index (χ3n) is 2.45. The Hall–Kier alpha value is -2.54. The molecule has 0 bridgehead atoms. The summed E-state index contributed by atoms with van der Waals surface area (Å²) in [6.45, 7) is 0.277. The van der Waals surface area contributed by atoms with Crippen LogP contribution < -0.4 is 10.5 Å². The van der Waals surface area contributed by atoms with Crippen molar-refractivity contribution in [2.45, 2.75) is 6.61 Å². The molecule has 0 aromatic heterocycles. The van der Waals surface area contributed by atoms with Crippen LogP contribution in [0.25, 0.3) is 0 Å². The van der Waals surface area contributed by atoms with Crippen LogP contribution in [-0.2, 0) is 6.61 Å². The molecular formula is C14H11FN2O. The molecular weight excluding hydrogens is 231 g/mol. The van der Waals surface area contributed by atoms with Gasteiger partial charge in [-0.3, -0.25) is 0 Å². The van der Waals surface area contributed by atoms with E-state index in [0.717, 1.165) is 5.56 Å². The molecule has 0 radical (unpaired) electrons. The van der Waals surface area contributed by atoms with E-state index in [9.17, 15) is 4.39 Å². The fourth-order valence-electron chi connectivity index (χ4n) is 1.47. The Labute approximate surface area is 104 Å². The van der Waals surface area contributed by atoms with E-state index in [-0.39, 0.29) is 12.4 Å². The minimum absolute atomic E-state index is 0.277. The summed E-state index contributed by atoms with van der Waals surface area (Å²) < 4.78 is 18.4. The fraction of sp³-hybridized carbons (Fsp3) is 0.0714. The molecule has 0 amide bonds. The molecule has 0 aliphatic heterocycles. The molecule has 2 aromatic rings. The second kappa shape index (κ2) is 5.19. The van der Waals surface area contributed by atoms with Gasteiger partial charge in [-0.1, -0.05) is 12.1 Å². The maximum Gasteiger partial charge on any atom is 0.145 e. The van der Waals surface area contributed by atoms with Crippen molar-refractivity contribution in [2.75, 3.05) is 5.73 Å². The Morgan fingerprint density at radius 2 is 1.89 bits per heavy atom. The predicted octanol–water partition coefficient (Wildman–Crippen LogP) is 2.86. The molecule has 0 aliphatic carbocycles. The maximum absolute atomic E-state index is 13.0. The smallest absolute Gasteiger partial charge is 0.145 e. The average molecular weight is 242 g/mol. The zero-order valence-corrected chi connectivity index (χ0v) is 9.56. The fourth-order valence-corrected chi connectivity index (χ4v) is 1.47. The van der Waals surface area contributed by atoms with Crippen LogP contribution in [0, 0.1) is 17.1 Å². The van der Waals surface area contributed by atoms with Crippen LogP contribution in [0.4, 0.5) is 10.1 Å². The van der Waals surface area contributed by atoms with E-state index in [0.29, 0.717) is 17.0 Å². The highest BCUT2D eigenvalue weighted by Crippen LogP contribution is 2.23. The standard InChI is InChI=1S/C14H11FN2O/c15-12-5-6-13(17)14(7-12)18-9-11-3-1-10(8-16)2-4-11/h1-7H,9,17H2. The Bertz CT molecular complexity index is 588. The molecule has 18 heavy (non-hydrogen) atoms. The summed E-state index contributed by atoms with van der Waals surface area (Å²) in [4.78, 5) is 0. The molecule has 0 spiro atoms. The number of rotatable bonds is 3. The Morgan fingerprint density at radius 3 is 2.56 bits per heavy atom. The van der Waals surface area contributed by atoms with Crippen molar-refractivity contribution >= 4 is 5.69 Å². The maximum atomic E-state index is 13.0. The third kappa shape index (κ3) is 2.77. The molecule has 0 unspecified atom stereocenters. The van der Waals surface area contributed by atoms with Gasteiger partial charge in [0.2, 0.25) is 0 Å². The first-order chi connectivity index (χ1) is 8.69. The number of halogens is 1. The number of nitrogen functional groups attached to an aromatic ring is 1. The van der Waals surface area contributed by atoms with Crippen molar-refractivity contribution in [3.8, 4) is 11.8 Å². The van der Waals surface area contributed by atoms with Gasteiger partial charge in [0.25, 0.3) is 0 Å². The highest BCUT2D eigenvalue weighted by Gasteiger charge is 2.03. The summed E-state index contributed by atoms with van der Waals surface area (Å²) >= 11 is 0. The molecule has 2 N–H and O–H groups in total. The van der Waals surface area contributed by atoms with Gasteiger partial charge in [0, 0.05) is 6.07 Å². The van der Waals surface area contributed by atoms with Crippen LogP contribution in [0.2, 0.25) is 0 Å². The van der Waals surface area contributed by atoms with E-state index in [1.807, 2.05) is 6.07 Å². The first-order valence-corrected chi connectivity index (χ1v) is 5.36. The minimum Gasteiger partial charge on any atom is -0.487 e. The highest BCUT2D eigenvalue weighted by molar-refractivity contribution is 5.52. The normalized spacial score (nSPS) is 9.78. The molecule has 4 heteroatoms. The molecule has 3 nitrogen and oxygen atoms in total. The molecule has 0 saturated carbocycles. The van der Waals surface area contributed by atoms with Gasteiger partial charge in [-0.05, 0) is 29.8 Å². The summed E-state index contributed by atoms with van der Waals surface area (Å²) in [5.74, 6) is -0.0709. The first kappa shape index (κ1) is 11.9. The van der Waals surface area contributed by atoms with Gasteiger partial charge in [-0.2, -0.15) is 5.26 Å². The number of hydrogen-bond donors (Lipinski definition) is 1. The van der Waals surface area contributed by atoms with Gasteiger partial charge in [0.15, 0.2) is 0 Å². The van der Waals surface area contributed by atoms with Gasteiger partial charge < -0.3 is 10.5 Å². The van der Waals surface area contributed by atoms with Gasteiger partial charge in [0.05, 0.1) is 17.3 Å². The number of anilines is 1. The number of hydrogen-bond acceptors (Lipinski definition) is 3. The molecule has 0 fully saturated rings. The molecule has 0 heterocycles. The summed E-state index contributed by atoms with van der Waals surface area (Å²) in [5, 5.41) is 8.66. The van der Waals surface area contributed by atoms with E-state index < -0.39 is 0 Å². The van der Waals surface area contributed by atoms with Crippen LogP contribution in [0.1, 0.15) is 11.1 Å². The van der Waals surface area contributed by atoms with Gasteiger partial charge >= 0.3 is 0 Å². The zero-order chi connectivity index (χ0) is 13.0. The van der Waals surface area contributed by atoms with E-state index >= 15 is 0 Å². The van der Waals surface area contributed by atoms with Crippen LogP contribution in [0.3, 0.4) is 0 Å². The van der Waals surface area contributed by atoms with Gasteiger partial charge in [-0.15, -0.1) is 0 Å². The van der Waals surface area contributed by atoms with Crippen molar-refractivity contribution in [1.29, 1.82) is 5.26 Å². The first-order valence-electron chi connectivity index (χ1n) is 5.36. The number of ether oxygens (including phenoxy) is 1. The lowest BCUT2D eigenvalue weighted by Crippen LogP contribution is -1.99. The van der Waals surface area contributed by atoms with Crippen molar-refractivity contribution in [3.63, 3.8) is 0 Å². The number of nitrogens with zero attached hydrogens (tertiary/aromatic N) is 1. The van der Waals surface area contributed by atoms with Crippen LogP contribution >= 0.6 is 0 Å². The largest absolute Gasteiger partial charge is 0.487 e. The van der Waals surface area contributed by atoms with E-state index in [1.54, 1.807) is 24.3 Å². The zero-order valence-electron chi connectivity index (χ0n) is 9.56. The molecule has 90 valence electrons. The summed E-state index contributed by atoms with van der Waals surface area (Å²) in [6.07, 6.45) is 0. The third-order valence-corrected chi connectivity index (χ3v) is 2.45. The Morgan fingerprint density at radius 1 is 1.17 bits per heavy atom. The number of nitriles is 1. The lowest BCUT2D eigenvalue weighted by Gasteiger charge is -2.08. The lowest BCUT2D eigenvalue weighted by molar-refractivity contribution is 0.306. The number of benzene rings is 2. The average Bonchev–Trinajstić information content (AvgIpc) is 2.40. The van der Waals surface area contributed by atoms with Crippen molar-refractivity contribution in [3.05, 3.63) is 59.4 Å². The van der Waals surface area contributed by atoms with Gasteiger partial charge in [-0.25, -0.2) is 4.39 Å². The van der Waals surface area contributed by atoms with E-state index in [1.165, 1.54) is 18.2 Å². The monoisotopic (exact) mass is 242 g/mol. The molecule has 0 aliphatic rings. The Balaban J connectivity index is 2.07. The van der Waals surface area contributed by atoms with Crippen molar-refractivity contribution in [1.82, 2.24) is 0 Å². The Kier molecular flexibility index (Phi) is 3.44. The molecule has 2 aromatic carbocycles. The van der Waals surface area contributed by atoms with Gasteiger partial charge in [0.1, 0.15) is 18.2 Å². The summed E-state index contributed by atoms with van der Waals surface area (Å²) in [6, 6.07) is 13.0. The molecule has 0 saturated heterocycles. The predicted molar refractivity (Wildman–Crippen MR) is 66.3 cm³/mol.